The Labute approximate surface area is 114 Å². The normalized spacial score (nSPS) is 21.1. The molecule has 2 rings (SSSR count). The Morgan fingerprint density at radius 3 is 3.17 bits per heavy atom. The highest BCUT2D eigenvalue weighted by atomic mass is 35.5. The summed E-state index contributed by atoms with van der Waals surface area (Å²) in [4.78, 5) is 4.01. The van der Waals surface area contributed by atoms with E-state index in [0.29, 0.717) is 12.1 Å². The van der Waals surface area contributed by atoms with E-state index < -0.39 is 0 Å². The largest absolute Gasteiger partial charge is 0.378 e. The van der Waals surface area contributed by atoms with Gasteiger partial charge in [0.2, 0.25) is 0 Å². The molecule has 3 nitrogen and oxygen atoms in total. The first-order valence-corrected chi connectivity index (χ1v) is 7.04. The van der Waals surface area contributed by atoms with Crippen LogP contribution in [0.15, 0.2) is 18.5 Å². The Kier molecular flexibility index (Phi) is 5.42. The first-order chi connectivity index (χ1) is 8.79. The fourth-order valence-corrected chi connectivity index (χ4v) is 2.64. The number of hydrogen-bond acceptors (Lipinski definition) is 3. The lowest BCUT2D eigenvalue weighted by Crippen LogP contribution is -2.29. The fraction of sp³-hybridized carbons (Fsp3) is 0.643. The summed E-state index contributed by atoms with van der Waals surface area (Å²) in [6.45, 7) is 0.936. The van der Waals surface area contributed by atoms with Gasteiger partial charge in [-0.2, -0.15) is 0 Å². The van der Waals surface area contributed by atoms with Gasteiger partial charge in [0.25, 0.3) is 0 Å². The molecule has 100 valence electrons. The zero-order chi connectivity index (χ0) is 12.8. The van der Waals surface area contributed by atoms with Crippen molar-refractivity contribution in [3.8, 4) is 0 Å². The topological polar surface area (TPSA) is 34.1 Å². The minimum absolute atomic E-state index is 0.453. The first-order valence-electron chi connectivity index (χ1n) is 6.67. The third-order valence-electron chi connectivity index (χ3n) is 3.59. The Morgan fingerprint density at radius 2 is 2.50 bits per heavy atom. The van der Waals surface area contributed by atoms with Crippen molar-refractivity contribution >= 4 is 11.6 Å². The molecule has 1 N–H and O–H groups in total. The molecule has 0 radical (unpaired) electrons. The Balaban J connectivity index is 1.83. The summed E-state index contributed by atoms with van der Waals surface area (Å²) in [7, 11) is 2.01. The van der Waals surface area contributed by atoms with Crippen LogP contribution in [0, 0.1) is 0 Å². The molecular weight excluding hydrogens is 248 g/mol. The van der Waals surface area contributed by atoms with Gasteiger partial charge in [-0.3, -0.25) is 4.98 Å². The number of likely N-dealkylation sites (N-methyl/N-ethyl adjacent to an activating group) is 1. The maximum Gasteiger partial charge on any atom is 0.0621 e. The molecule has 1 aliphatic heterocycles. The van der Waals surface area contributed by atoms with E-state index in [1.807, 2.05) is 13.1 Å². The van der Waals surface area contributed by atoms with Crippen LogP contribution >= 0.6 is 11.6 Å². The van der Waals surface area contributed by atoms with Gasteiger partial charge in [0.15, 0.2) is 0 Å². The number of nitrogens with zero attached hydrogens (tertiary/aromatic N) is 1. The van der Waals surface area contributed by atoms with Crippen LogP contribution in [-0.4, -0.2) is 30.8 Å². The second kappa shape index (κ2) is 7.07. The number of aromatic nitrogens is 1. The van der Waals surface area contributed by atoms with E-state index in [2.05, 4.69) is 10.3 Å². The van der Waals surface area contributed by atoms with Crippen LogP contribution in [0.5, 0.6) is 0 Å². The molecule has 0 saturated carbocycles. The van der Waals surface area contributed by atoms with E-state index in [9.17, 15) is 0 Å². The molecule has 2 atom stereocenters. The van der Waals surface area contributed by atoms with E-state index in [1.54, 1.807) is 12.4 Å². The van der Waals surface area contributed by atoms with Gasteiger partial charge in [-0.05, 0) is 50.8 Å². The van der Waals surface area contributed by atoms with Gasteiger partial charge in [0, 0.05) is 25.0 Å². The number of rotatable bonds is 6. The maximum atomic E-state index is 6.14. The molecule has 2 unspecified atom stereocenters. The lowest BCUT2D eigenvalue weighted by Gasteiger charge is -2.18. The maximum absolute atomic E-state index is 6.14. The molecule has 2 heterocycles. The van der Waals surface area contributed by atoms with Crippen LogP contribution in [0.4, 0.5) is 0 Å². The van der Waals surface area contributed by atoms with Crippen molar-refractivity contribution in [2.75, 3.05) is 13.7 Å². The van der Waals surface area contributed by atoms with E-state index in [-0.39, 0.29) is 0 Å². The zero-order valence-electron chi connectivity index (χ0n) is 10.9. The van der Waals surface area contributed by atoms with Gasteiger partial charge in [-0.1, -0.05) is 11.6 Å². The molecule has 1 aromatic rings. The van der Waals surface area contributed by atoms with Gasteiger partial charge in [0.1, 0.15) is 0 Å². The summed E-state index contributed by atoms with van der Waals surface area (Å²) in [5.41, 5.74) is 1.17. The second-order valence-electron chi connectivity index (χ2n) is 4.87. The third kappa shape index (κ3) is 3.94. The van der Waals surface area contributed by atoms with Crippen molar-refractivity contribution in [3.63, 3.8) is 0 Å². The summed E-state index contributed by atoms with van der Waals surface area (Å²) in [6, 6.07) is 2.45. The van der Waals surface area contributed by atoms with Gasteiger partial charge in [0.05, 0.1) is 11.1 Å². The Bertz CT molecular complexity index is 367. The monoisotopic (exact) mass is 268 g/mol. The SMILES string of the molecule is CNC(CCC1CCCO1)Cc1ccncc1Cl. The van der Waals surface area contributed by atoms with E-state index >= 15 is 0 Å². The van der Waals surface area contributed by atoms with Gasteiger partial charge < -0.3 is 10.1 Å². The minimum atomic E-state index is 0.453. The van der Waals surface area contributed by atoms with Gasteiger partial charge in [-0.25, -0.2) is 0 Å². The highest BCUT2D eigenvalue weighted by Gasteiger charge is 2.17. The number of ether oxygens (including phenoxy) is 1. The van der Waals surface area contributed by atoms with E-state index in [4.69, 9.17) is 16.3 Å². The summed E-state index contributed by atoms with van der Waals surface area (Å²) in [5, 5.41) is 4.13. The summed E-state index contributed by atoms with van der Waals surface area (Å²) >= 11 is 6.14. The minimum Gasteiger partial charge on any atom is -0.378 e. The highest BCUT2D eigenvalue weighted by molar-refractivity contribution is 6.31. The average molecular weight is 269 g/mol. The number of pyridine rings is 1. The van der Waals surface area contributed by atoms with Crippen molar-refractivity contribution in [2.24, 2.45) is 0 Å². The Morgan fingerprint density at radius 1 is 1.61 bits per heavy atom. The first kappa shape index (κ1) is 13.8. The average Bonchev–Trinajstić information content (AvgIpc) is 2.90. The smallest absolute Gasteiger partial charge is 0.0621 e. The van der Waals surface area contributed by atoms with Crippen molar-refractivity contribution in [1.82, 2.24) is 10.3 Å². The predicted molar refractivity (Wildman–Crippen MR) is 74.0 cm³/mol. The van der Waals surface area contributed by atoms with E-state index in [0.717, 1.165) is 30.9 Å². The quantitative estimate of drug-likeness (QED) is 0.862. The summed E-state index contributed by atoms with van der Waals surface area (Å²) in [5.74, 6) is 0. The number of halogens is 1. The van der Waals surface area contributed by atoms with Crippen LogP contribution in [-0.2, 0) is 11.2 Å². The molecule has 1 aromatic heterocycles. The number of hydrogen-bond donors (Lipinski definition) is 1. The molecule has 18 heavy (non-hydrogen) atoms. The van der Waals surface area contributed by atoms with Crippen LogP contribution < -0.4 is 5.32 Å². The molecule has 0 bridgehead atoms. The fourth-order valence-electron chi connectivity index (χ4n) is 2.44. The van der Waals surface area contributed by atoms with Crippen molar-refractivity contribution < 1.29 is 4.74 Å². The predicted octanol–water partition coefficient (Wildman–Crippen LogP) is 2.82. The summed E-state index contributed by atoms with van der Waals surface area (Å²) < 4.78 is 5.66. The lowest BCUT2D eigenvalue weighted by atomic mass is 10.00. The zero-order valence-corrected chi connectivity index (χ0v) is 11.6. The van der Waals surface area contributed by atoms with Gasteiger partial charge >= 0.3 is 0 Å². The van der Waals surface area contributed by atoms with Crippen LogP contribution in [0.1, 0.15) is 31.2 Å². The standard InChI is InChI=1S/C14H21ClN2O/c1-16-12(4-5-13-3-2-8-18-13)9-11-6-7-17-10-14(11)15/h6-7,10,12-13,16H,2-5,8-9H2,1H3. The highest BCUT2D eigenvalue weighted by Crippen LogP contribution is 2.20. The molecule has 1 fully saturated rings. The molecular formula is C14H21ClN2O. The molecule has 1 saturated heterocycles. The summed E-state index contributed by atoms with van der Waals surface area (Å²) in [6.07, 6.45) is 9.61. The van der Waals surface area contributed by atoms with Crippen molar-refractivity contribution in [2.45, 2.75) is 44.2 Å². The van der Waals surface area contributed by atoms with Crippen LogP contribution in [0.3, 0.4) is 0 Å². The molecule has 1 aliphatic rings. The van der Waals surface area contributed by atoms with Crippen LogP contribution in [0.2, 0.25) is 5.02 Å². The Hall–Kier alpha value is -0.640. The van der Waals surface area contributed by atoms with Crippen molar-refractivity contribution in [1.29, 1.82) is 0 Å². The second-order valence-corrected chi connectivity index (χ2v) is 5.28. The molecule has 0 spiro atoms. The molecule has 4 heteroatoms. The molecule has 0 aromatic carbocycles. The van der Waals surface area contributed by atoms with Gasteiger partial charge in [-0.15, -0.1) is 0 Å². The lowest BCUT2D eigenvalue weighted by molar-refractivity contribution is 0.0998. The molecule has 0 amide bonds. The van der Waals surface area contributed by atoms with Crippen LogP contribution in [0.25, 0.3) is 0 Å². The molecule has 0 aliphatic carbocycles. The number of nitrogens with one attached hydrogen (secondary N) is 1. The van der Waals surface area contributed by atoms with E-state index in [1.165, 1.54) is 18.4 Å². The van der Waals surface area contributed by atoms with Crippen molar-refractivity contribution in [3.05, 3.63) is 29.0 Å². The third-order valence-corrected chi connectivity index (χ3v) is 3.93.